The van der Waals surface area contributed by atoms with Crippen molar-refractivity contribution in [3.63, 3.8) is 0 Å². The van der Waals surface area contributed by atoms with Gasteiger partial charge in [-0.05, 0) is 51.6 Å². The summed E-state index contributed by atoms with van der Waals surface area (Å²) in [5.41, 5.74) is 4.74. The Kier molecular flexibility index (Phi) is 4.06. The van der Waals surface area contributed by atoms with Crippen molar-refractivity contribution in [3.05, 3.63) is 20.8 Å². The fourth-order valence-corrected chi connectivity index (χ4v) is 4.57. The van der Waals surface area contributed by atoms with Crippen LogP contribution in [0.25, 0.3) is 0 Å². The van der Waals surface area contributed by atoms with E-state index in [-0.39, 0.29) is 0 Å². The van der Waals surface area contributed by atoms with E-state index in [2.05, 4.69) is 39.0 Å². The molecule has 0 bridgehead atoms. The van der Waals surface area contributed by atoms with E-state index in [0.29, 0.717) is 11.5 Å². The third-order valence-electron chi connectivity index (χ3n) is 4.04. The van der Waals surface area contributed by atoms with Crippen LogP contribution in [0.1, 0.15) is 50.6 Å². The van der Waals surface area contributed by atoms with Gasteiger partial charge in [0.25, 0.3) is 0 Å². The molecule has 1 aromatic heterocycles. The highest BCUT2D eigenvalue weighted by atomic mass is 79.9. The standard InChI is InChI=1S/C12H19BrN2S/c1-2-12(5-3-4-6-12)11(15-14)9-7-16-8-10(9)13/h7-8,11,15H,2-6,14H2,1H3. The third kappa shape index (κ3) is 2.08. The molecule has 0 saturated heterocycles. The summed E-state index contributed by atoms with van der Waals surface area (Å²) < 4.78 is 1.19. The van der Waals surface area contributed by atoms with E-state index in [0.717, 1.165) is 0 Å². The van der Waals surface area contributed by atoms with E-state index >= 15 is 0 Å². The first-order chi connectivity index (χ1) is 7.73. The fourth-order valence-electron chi connectivity index (χ4n) is 3.02. The molecular formula is C12H19BrN2S. The van der Waals surface area contributed by atoms with Crippen molar-refractivity contribution in [2.24, 2.45) is 11.3 Å². The monoisotopic (exact) mass is 302 g/mol. The molecule has 0 aromatic carbocycles. The number of hydrogen-bond donors (Lipinski definition) is 2. The predicted molar refractivity (Wildman–Crippen MR) is 73.3 cm³/mol. The van der Waals surface area contributed by atoms with Crippen molar-refractivity contribution in [2.75, 3.05) is 0 Å². The molecule has 1 aliphatic carbocycles. The number of halogens is 1. The van der Waals surface area contributed by atoms with Gasteiger partial charge in [0.2, 0.25) is 0 Å². The van der Waals surface area contributed by atoms with Crippen LogP contribution in [0.2, 0.25) is 0 Å². The number of hydrogen-bond acceptors (Lipinski definition) is 3. The zero-order valence-electron chi connectivity index (χ0n) is 9.63. The van der Waals surface area contributed by atoms with Crippen molar-refractivity contribution in [3.8, 4) is 0 Å². The molecule has 1 atom stereocenters. The molecule has 2 nitrogen and oxygen atoms in total. The molecule has 16 heavy (non-hydrogen) atoms. The molecular weight excluding hydrogens is 284 g/mol. The van der Waals surface area contributed by atoms with Gasteiger partial charge in [0.1, 0.15) is 0 Å². The molecule has 90 valence electrons. The zero-order chi connectivity index (χ0) is 11.6. The van der Waals surface area contributed by atoms with Gasteiger partial charge in [-0.2, -0.15) is 11.3 Å². The second-order valence-electron chi connectivity index (χ2n) is 4.70. The number of nitrogens with one attached hydrogen (secondary N) is 1. The lowest BCUT2D eigenvalue weighted by atomic mass is 9.74. The van der Waals surface area contributed by atoms with Gasteiger partial charge in [-0.1, -0.05) is 19.8 Å². The Bertz CT molecular complexity index is 345. The smallest absolute Gasteiger partial charge is 0.0535 e. The van der Waals surface area contributed by atoms with E-state index in [1.165, 1.54) is 42.1 Å². The SMILES string of the molecule is CCC1(C(NN)c2cscc2Br)CCCC1. The van der Waals surface area contributed by atoms with E-state index in [1.807, 2.05) is 0 Å². The zero-order valence-corrected chi connectivity index (χ0v) is 12.0. The van der Waals surface area contributed by atoms with Gasteiger partial charge in [0, 0.05) is 9.85 Å². The average Bonchev–Trinajstić information content (AvgIpc) is 2.91. The van der Waals surface area contributed by atoms with Gasteiger partial charge in [-0.15, -0.1) is 0 Å². The van der Waals surface area contributed by atoms with Crippen LogP contribution in [0.5, 0.6) is 0 Å². The summed E-state index contributed by atoms with van der Waals surface area (Å²) in [6.45, 7) is 2.29. The Morgan fingerprint density at radius 3 is 2.62 bits per heavy atom. The summed E-state index contributed by atoms with van der Waals surface area (Å²) in [6, 6.07) is 0.292. The highest BCUT2D eigenvalue weighted by Crippen LogP contribution is 2.51. The molecule has 1 unspecified atom stereocenters. The molecule has 0 aliphatic heterocycles. The van der Waals surface area contributed by atoms with Gasteiger partial charge in [0.15, 0.2) is 0 Å². The Morgan fingerprint density at radius 1 is 1.50 bits per heavy atom. The number of thiophene rings is 1. The van der Waals surface area contributed by atoms with Crippen LogP contribution in [-0.4, -0.2) is 0 Å². The molecule has 4 heteroatoms. The fraction of sp³-hybridized carbons (Fsp3) is 0.667. The van der Waals surface area contributed by atoms with Crippen molar-refractivity contribution in [2.45, 2.75) is 45.1 Å². The summed E-state index contributed by atoms with van der Waals surface area (Å²) in [7, 11) is 0. The van der Waals surface area contributed by atoms with Gasteiger partial charge in [0.05, 0.1) is 6.04 Å². The van der Waals surface area contributed by atoms with Crippen LogP contribution in [0, 0.1) is 5.41 Å². The van der Waals surface area contributed by atoms with E-state index in [9.17, 15) is 0 Å². The Labute approximate surface area is 110 Å². The number of nitrogens with two attached hydrogens (primary N) is 1. The normalized spacial score (nSPS) is 21.2. The Hall–Kier alpha value is 0.100. The maximum Gasteiger partial charge on any atom is 0.0535 e. The Balaban J connectivity index is 2.31. The molecule has 2 rings (SSSR count). The van der Waals surface area contributed by atoms with Crippen molar-refractivity contribution in [1.82, 2.24) is 5.43 Å². The van der Waals surface area contributed by atoms with Crippen LogP contribution >= 0.6 is 27.3 Å². The lowest BCUT2D eigenvalue weighted by Gasteiger charge is -2.36. The predicted octanol–water partition coefficient (Wildman–Crippen LogP) is 3.99. The maximum atomic E-state index is 5.81. The first-order valence-electron chi connectivity index (χ1n) is 5.91. The van der Waals surface area contributed by atoms with Crippen LogP contribution in [0.15, 0.2) is 15.2 Å². The van der Waals surface area contributed by atoms with E-state index in [1.54, 1.807) is 11.3 Å². The molecule has 0 radical (unpaired) electrons. The van der Waals surface area contributed by atoms with Crippen molar-refractivity contribution >= 4 is 27.3 Å². The van der Waals surface area contributed by atoms with Gasteiger partial charge >= 0.3 is 0 Å². The molecule has 0 spiro atoms. The first-order valence-corrected chi connectivity index (χ1v) is 7.65. The minimum atomic E-state index is 0.292. The average molecular weight is 303 g/mol. The molecule has 3 N–H and O–H groups in total. The lowest BCUT2D eigenvalue weighted by Crippen LogP contribution is -2.40. The molecule has 1 fully saturated rings. The van der Waals surface area contributed by atoms with E-state index in [4.69, 9.17) is 5.84 Å². The summed E-state index contributed by atoms with van der Waals surface area (Å²) in [4.78, 5) is 0. The van der Waals surface area contributed by atoms with Crippen LogP contribution in [0.3, 0.4) is 0 Å². The van der Waals surface area contributed by atoms with Crippen molar-refractivity contribution < 1.29 is 0 Å². The summed E-state index contributed by atoms with van der Waals surface area (Å²) >= 11 is 5.36. The van der Waals surface area contributed by atoms with Gasteiger partial charge < -0.3 is 0 Å². The molecule has 1 aromatic rings. The van der Waals surface area contributed by atoms with Crippen LogP contribution < -0.4 is 11.3 Å². The molecule has 1 saturated carbocycles. The van der Waals surface area contributed by atoms with Gasteiger partial charge in [-0.25, -0.2) is 0 Å². The molecule has 1 heterocycles. The Morgan fingerprint density at radius 2 is 2.19 bits per heavy atom. The highest BCUT2D eigenvalue weighted by Gasteiger charge is 2.40. The van der Waals surface area contributed by atoms with Crippen LogP contribution in [-0.2, 0) is 0 Å². The minimum absolute atomic E-state index is 0.292. The first kappa shape index (κ1) is 12.6. The lowest BCUT2D eigenvalue weighted by molar-refractivity contribution is 0.188. The summed E-state index contributed by atoms with van der Waals surface area (Å²) in [5, 5.41) is 4.35. The van der Waals surface area contributed by atoms with Crippen molar-refractivity contribution in [1.29, 1.82) is 0 Å². The van der Waals surface area contributed by atoms with E-state index < -0.39 is 0 Å². The summed E-state index contributed by atoms with van der Waals surface area (Å²) in [5.74, 6) is 5.81. The maximum absolute atomic E-state index is 5.81. The highest BCUT2D eigenvalue weighted by molar-refractivity contribution is 9.10. The topological polar surface area (TPSA) is 38.0 Å². The molecule has 0 amide bonds. The third-order valence-corrected chi connectivity index (χ3v) is 5.79. The minimum Gasteiger partial charge on any atom is -0.271 e. The van der Waals surface area contributed by atoms with Gasteiger partial charge in [-0.3, -0.25) is 11.3 Å². The number of rotatable bonds is 4. The van der Waals surface area contributed by atoms with Crippen LogP contribution in [0.4, 0.5) is 0 Å². The second-order valence-corrected chi connectivity index (χ2v) is 6.30. The quantitative estimate of drug-likeness (QED) is 0.652. The number of hydrazine groups is 1. The largest absolute Gasteiger partial charge is 0.271 e. The summed E-state index contributed by atoms with van der Waals surface area (Å²) in [6.07, 6.45) is 6.47. The molecule has 1 aliphatic rings. The second kappa shape index (κ2) is 5.17.